The zero-order valence-electron chi connectivity index (χ0n) is 12.4. The molecule has 1 aliphatic rings. The summed E-state index contributed by atoms with van der Waals surface area (Å²) in [6.07, 6.45) is 0. The third-order valence-electron chi connectivity index (χ3n) is 3.64. The molecule has 0 fully saturated rings. The summed E-state index contributed by atoms with van der Waals surface area (Å²) in [5.41, 5.74) is 3.62. The number of rotatable bonds is 2. The Morgan fingerprint density at radius 1 is 1.05 bits per heavy atom. The van der Waals surface area contributed by atoms with Crippen molar-refractivity contribution in [2.24, 2.45) is 0 Å². The zero-order chi connectivity index (χ0) is 15.7. The standard InChI is InChI=1S/C17H16BrNO3/c1-10-3-4-12(7-11(10)2)19-17(20)13-8-15-16(9-14(13)18)22-6-5-21-15/h3-4,7-9H,5-6H2,1-2H3,(H,19,20). The molecule has 0 saturated carbocycles. The van der Waals surface area contributed by atoms with Gasteiger partial charge in [-0.2, -0.15) is 0 Å². The second-order valence-electron chi connectivity index (χ2n) is 5.23. The van der Waals surface area contributed by atoms with Crippen LogP contribution >= 0.6 is 15.9 Å². The Morgan fingerprint density at radius 2 is 1.73 bits per heavy atom. The molecule has 3 rings (SSSR count). The van der Waals surface area contributed by atoms with Crippen LogP contribution in [0.5, 0.6) is 11.5 Å². The van der Waals surface area contributed by atoms with Gasteiger partial charge in [-0.15, -0.1) is 0 Å². The Bertz CT molecular complexity index is 743. The first-order valence-corrected chi connectivity index (χ1v) is 7.81. The molecule has 2 aromatic rings. The molecule has 2 aromatic carbocycles. The van der Waals surface area contributed by atoms with Gasteiger partial charge in [-0.05, 0) is 65.2 Å². The van der Waals surface area contributed by atoms with Crippen LogP contribution in [-0.2, 0) is 0 Å². The Hall–Kier alpha value is -2.01. The van der Waals surface area contributed by atoms with E-state index >= 15 is 0 Å². The number of amides is 1. The topological polar surface area (TPSA) is 47.6 Å². The molecule has 0 atom stereocenters. The molecule has 0 radical (unpaired) electrons. The minimum atomic E-state index is -0.188. The Labute approximate surface area is 137 Å². The molecule has 1 amide bonds. The van der Waals surface area contributed by atoms with Crippen molar-refractivity contribution in [2.45, 2.75) is 13.8 Å². The maximum Gasteiger partial charge on any atom is 0.256 e. The van der Waals surface area contributed by atoms with E-state index in [2.05, 4.69) is 21.2 Å². The van der Waals surface area contributed by atoms with E-state index in [4.69, 9.17) is 9.47 Å². The lowest BCUT2D eigenvalue weighted by Crippen LogP contribution is -2.18. The summed E-state index contributed by atoms with van der Waals surface area (Å²) in [6, 6.07) is 9.31. The number of nitrogens with one attached hydrogen (secondary N) is 1. The molecule has 22 heavy (non-hydrogen) atoms. The molecule has 4 nitrogen and oxygen atoms in total. The van der Waals surface area contributed by atoms with Gasteiger partial charge in [0.25, 0.3) is 5.91 Å². The fraction of sp³-hybridized carbons (Fsp3) is 0.235. The maximum atomic E-state index is 12.5. The highest BCUT2D eigenvalue weighted by Crippen LogP contribution is 2.35. The summed E-state index contributed by atoms with van der Waals surface area (Å²) in [6.45, 7) is 5.07. The van der Waals surface area contributed by atoms with Crippen molar-refractivity contribution >= 4 is 27.5 Å². The SMILES string of the molecule is Cc1ccc(NC(=O)c2cc3c(cc2Br)OCCO3)cc1C. The van der Waals surface area contributed by atoms with Crippen molar-refractivity contribution < 1.29 is 14.3 Å². The normalized spacial score (nSPS) is 12.9. The van der Waals surface area contributed by atoms with Crippen LogP contribution in [0.1, 0.15) is 21.5 Å². The van der Waals surface area contributed by atoms with Crippen LogP contribution in [0.2, 0.25) is 0 Å². The van der Waals surface area contributed by atoms with Gasteiger partial charge in [0.2, 0.25) is 0 Å². The monoisotopic (exact) mass is 361 g/mol. The average molecular weight is 362 g/mol. The van der Waals surface area contributed by atoms with Crippen LogP contribution in [0.4, 0.5) is 5.69 Å². The van der Waals surface area contributed by atoms with Gasteiger partial charge in [-0.25, -0.2) is 0 Å². The van der Waals surface area contributed by atoms with Crippen LogP contribution in [0.3, 0.4) is 0 Å². The van der Waals surface area contributed by atoms with Gasteiger partial charge in [-0.1, -0.05) is 6.07 Å². The van der Waals surface area contributed by atoms with Crippen LogP contribution in [-0.4, -0.2) is 19.1 Å². The lowest BCUT2D eigenvalue weighted by Gasteiger charge is -2.19. The van der Waals surface area contributed by atoms with E-state index < -0.39 is 0 Å². The van der Waals surface area contributed by atoms with E-state index in [0.29, 0.717) is 34.7 Å². The number of fused-ring (bicyclic) bond motifs is 1. The second kappa shape index (κ2) is 6.01. The van der Waals surface area contributed by atoms with Crippen molar-refractivity contribution in [3.8, 4) is 11.5 Å². The maximum absolute atomic E-state index is 12.5. The highest BCUT2D eigenvalue weighted by molar-refractivity contribution is 9.10. The molecule has 1 heterocycles. The van der Waals surface area contributed by atoms with E-state index in [0.717, 1.165) is 11.3 Å². The van der Waals surface area contributed by atoms with E-state index in [1.54, 1.807) is 12.1 Å². The Balaban J connectivity index is 1.87. The minimum absolute atomic E-state index is 0.188. The van der Waals surface area contributed by atoms with E-state index in [9.17, 15) is 4.79 Å². The molecule has 1 N–H and O–H groups in total. The zero-order valence-corrected chi connectivity index (χ0v) is 14.0. The van der Waals surface area contributed by atoms with Gasteiger partial charge in [0.1, 0.15) is 13.2 Å². The predicted octanol–water partition coefficient (Wildman–Crippen LogP) is 4.09. The average Bonchev–Trinajstić information content (AvgIpc) is 2.50. The van der Waals surface area contributed by atoms with Crippen molar-refractivity contribution in [1.29, 1.82) is 0 Å². The smallest absolute Gasteiger partial charge is 0.256 e. The summed E-state index contributed by atoms with van der Waals surface area (Å²) in [4.78, 5) is 12.5. The van der Waals surface area contributed by atoms with Gasteiger partial charge in [-0.3, -0.25) is 4.79 Å². The minimum Gasteiger partial charge on any atom is -0.486 e. The molecule has 114 valence electrons. The van der Waals surface area contributed by atoms with Crippen molar-refractivity contribution in [2.75, 3.05) is 18.5 Å². The highest BCUT2D eigenvalue weighted by Gasteiger charge is 2.18. The summed E-state index contributed by atoms with van der Waals surface area (Å²) in [5.74, 6) is 1.06. The van der Waals surface area contributed by atoms with Gasteiger partial charge in [0, 0.05) is 10.2 Å². The van der Waals surface area contributed by atoms with E-state index in [1.807, 2.05) is 32.0 Å². The molecule has 0 spiro atoms. The summed E-state index contributed by atoms with van der Waals surface area (Å²) >= 11 is 3.42. The fourth-order valence-electron chi connectivity index (χ4n) is 2.26. The highest BCUT2D eigenvalue weighted by atomic mass is 79.9. The first-order valence-electron chi connectivity index (χ1n) is 7.02. The quantitative estimate of drug-likeness (QED) is 0.876. The molecular formula is C17H16BrNO3. The van der Waals surface area contributed by atoms with Gasteiger partial charge < -0.3 is 14.8 Å². The third kappa shape index (κ3) is 2.95. The van der Waals surface area contributed by atoms with Gasteiger partial charge in [0.05, 0.1) is 5.56 Å². The molecule has 1 aliphatic heterocycles. The molecular weight excluding hydrogens is 346 g/mol. The summed E-state index contributed by atoms with van der Waals surface area (Å²) < 4.78 is 11.7. The second-order valence-corrected chi connectivity index (χ2v) is 6.08. The largest absolute Gasteiger partial charge is 0.486 e. The number of ether oxygens (including phenoxy) is 2. The number of carbonyl (C=O) groups is 1. The van der Waals surface area contributed by atoms with E-state index in [-0.39, 0.29) is 5.91 Å². The molecule has 0 unspecified atom stereocenters. The molecule has 0 aromatic heterocycles. The fourth-order valence-corrected chi connectivity index (χ4v) is 2.76. The third-order valence-corrected chi connectivity index (χ3v) is 4.30. The number of aryl methyl sites for hydroxylation is 2. The number of halogens is 1. The Kier molecular flexibility index (Phi) is 4.07. The first-order chi connectivity index (χ1) is 10.5. The van der Waals surface area contributed by atoms with Crippen LogP contribution < -0.4 is 14.8 Å². The molecule has 0 bridgehead atoms. The van der Waals surface area contributed by atoms with Crippen LogP contribution in [0, 0.1) is 13.8 Å². The number of hydrogen-bond acceptors (Lipinski definition) is 3. The Morgan fingerprint density at radius 3 is 2.41 bits per heavy atom. The van der Waals surface area contributed by atoms with Crippen molar-refractivity contribution in [3.63, 3.8) is 0 Å². The van der Waals surface area contributed by atoms with Crippen LogP contribution in [0.25, 0.3) is 0 Å². The summed E-state index contributed by atoms with van der Waals surface area (Å²) in [7, 11) is 0. The first kappa shape index (κ1) is 14.9. The number of carbonyl (C=O) groups excluding carboxylic acids is 1. The molecule has 0 aliphatic carbocycles. The summed E-state index contributed by atoms with van der Waals surface area (Å²) in [5, 5.41) is 2.91. The van der Waals surface area contributed by atoms with Crippen molar-refractivity contribution in [1.82, 2.24) is 0 Å². The lowest BCUT2D eigenvalue weighted by molar-refractivity contribution is 0.102. The number of benzene rings is 2. The molecule has 0 saturated heterocycles. The predicted molar refractivity (Wildman–Crippen MR) is 89.0 cm³/mol. The number of anilines is 1. The van der Waals surface area contributed by atoms with Gasteiger partial charge in [0.15, 0.2) is 11.5 Å². The van der Waals surface area contributed by atoms with Crippen LogP contribution in [0.15, 0.2) is 34.8 Å². The lowest BCUT2D eigenvalue weighted by atomic mass is 10.1. The van der Waals surface area contributed by atoms with E-state index in [1.165, 1.54) is 5.56 Å². The van der Waals surface area contributed by atoms with Crippen molar-refractivity contribution in [3.05, 3.63) is 51.5 Å². The van der Waals surface area contributed by atoms with Gasteiger partial charge >= 0.3 is 0 Å². The molecule has 5 heteroatoms. The number of hydrogen-bond donors (Lipinski definition) is 1.